The van der Waals surface area contributed by atoms with Crippen LogP contribution in [0.5, 0.6) is 0 Å². The summed E-state index contributed by atoms with van der Waals surface area (Å²) in [4.78, 5) is 9.84. The maximum Gasteiger partial charge on any atom is 0.129 e. The van der Waals surface area contributed by atoms with Gasteiger partial charge in [-0.15, -0.1) is 0 Å². The molecule has 0 saturated carbocycles. The van der Waals surface area contributed by atoms with Crippen molar-refractivity contribution in [2.75, 3.05) is 31.1 Å². The smallest absolute Gasteiger partial charge is 0.129 e. The van der Waals surface area contributed by atoms with Crippen LogP contribution in [-0.2, 0) is 12.0 Å². The molecule has 1 atom stereocenters. The van der Waals surface area contributed by atoms with E-state index in [1.54, 1.807) is 0 Å². The van der Waals surface area contributed by atoms with Gasteiger partial charge in [-0.3, -0.25) is 4.90 Å². The summed E-state index contributed by atoms with van der Waals surface area (Å²) in [5.74, 6) is 1.09. The first-order valence-corrected chi connectivity index (χ1v) is 8.05. The van der Waals surface area contributed by atoms with Gasteiger partial charge >= 0.3 is 0 Å². The van der Waals surface area contributed by atoms with Gasteiger partial charge in [-0.25, -0.2) is 4.98 Å². The van der Waals surface area contributed by atoms with Gasteiger partial charge < -0.3 is 10.6 Å². The lowest BCUT2D eigenvalue weighted by atomic mass is 9.90. The molecule has 2 N–H and O–H groups in total. The fraction of sp³-hybridized carbons (Fsp3) is 0.706. The molecule has 4 heteroatoms. The quantitative estimate of drug-likeness (QED) is 0.928. The molecule has 0 aliphatic carbocycles. The summed E-state index contributed by atoms with van der Waals surface area (Å²) in [6.07, 6.45) is 0. The molecule has 1 saturated heterocycles. The highest BCUT2D eigenvalue weighted by atomic mass is 15.3. The number of rotatable bonds is 3. The van der Waals surface area contributed by atoms with Crippen molar-refractivity contribution >= 4 is 5.82 Å². The Labute approximate surface area is 129 Å². The Hall–Kier alpha value is -1.13. The minimum Gasteiger partial charge on any atom is -0.354 e. The number of nitrogens with two attached hydrogens (primary N) is 1. The molecular formula is C17H30N4. The Kier molecular flexibility index (Phi) is 4.89. The van der Waals surface area contributed by atoms with Crippen molar-refractivity contribution in [2.24, 2.45) is 5.73 Å². The van der Waals surface area contributed by atoms with Crippen LogP contribution in [0.2, 0.25) is 0 Å². The largest absolute Gasteiger partial charge is 0.354 e. The van der Waals surface area contributed by atoms with Crippen molar-refractivity contribution in [1.29, 1.82) is 0 Å². The maximum atomic E-state index is 5.88. The fourth-order valence-electron chi connectivity index (χ4n) is 2.91. The number of likely N-dealkylation sites (N-methyl/N-ethyl adjacent to an activating group) is 1. The van der Waals surface area contributed by atoms with Crippen LogP contribution in [0.25, 0.3) is 0 Å². The second kappa shape index (κ2) is 6.32. The Morgan fingerprint density at radius 1 is 1.29 bits per heavy atom. The number of hydrogen-bond acceptors (Lipinski definition) is 4. The fourth-order valence-corrected chi connectivity index (χ4v) is 2.91. The van der Waals surface area contributed by atoms with E-state index in [0.717, 1.165) is 37.7 Å². The summed E-state index contributed by atoms with van der Waals surface area (Å²) in [5.41, 5.74) is 8.24. The highest BCUT2D eigenvalue weighted by Gasteiger charge is 2.25. The van der Waals surface area contributed by atoms with Crippen molar-refractivity contribution in [1.82, 2.24) is 9.88 Å². The molecule has 2 heterocycles. The van der Waals surface area contributed by atoms with Gasteiger partial charge in [-0.05, 0) is 31.2 Å². The first-order valence-electron chi connectivity index (χ1n) is 8.05. The van der Waals surface area contributed by atoms with Crippen molar-refractivity contribution in [3.8, 4) is 0 Å². The van der Waals surface area contributed by atoms with Gasteiger partial charge in [0, 0.05) is 43.3 Å². The van der Waals surface area contributed by atoms with Crippen molar-refractivity contribution in [3.05, 3.63) is 23.4 Å². The van der Waals surface area contributed by atoms with Crippen LogP contribution in [0.3, 0.4) is 0 Å². The number of anilines is 1. The lowest BCUT2D eigenvalue weighted by Gasteiger charge is -2.40. The van der Waals surface area contributed by atoms with Gasteiger partial charge in [0.25, 0.3) is 0 Å². The van der Waals surface area contributed by atoms with Gasteiger partial charge in [0.2, 0.25) is 0 Å². The average Bonchev–Trinajstić information content (AvgIpc) is 2.45. The van der Waals surface area contributed by atoms with Gasteiger partial charge in [0.1, 0.15) is 5.82 Å². The summed E-state index contributed by atoms with van der Waals surface area (Å²) in [7, 11) is 0. The molecule has 0 spiro atoms. The average molecular weight is 290 g/mol. The second-order valence-electron chi connectivity index (χ2n) is 7.10. The Balaban J connectivity index is 2.27. The molecule has 4 nitrogen and oxygen atoms in total. The Bertz CT molecular complexity index is 478. The van der Waals surface area contributed by atoms with E-state index < -0.39 is 0 Å². The third-order valence-corrected chi connectivity index (χ3v) is 4.37. The molecule has 118 valence electrons. The minimum atomic E-state index is 0.0524. The number of aromatic nitrogens is 1. The first kappa shape index (κ1) is 16.2. The van der Waals surface area contributed by atoms with Crippen LogP contribution in [0.1, 0.15) is 45.9 Å². The zero-order valence-electron chi connectivity index (χ0n) is 14.2. The van der Waals surface area contributed by atoms with Crippen molar-refractivity contribution < 1.29 is 0 Å². The molecule has 1 fully saturated rings. The standard InChI is InChI=1S/C17H30N4/c1-6-20-7-8-21(12-13(20)2)16-10-14(11-18)9-15(19-16)17(3,4)5/h9-10,13H,6-8,11-12,18H2,1-5H3. The number of nitrogens with zero attached hydrogens (tertiary/aromatic N) is 3. The summed E-state index contributed by atoms with van der Waals surface area (Å²) < 4.78 is 0. The van der Waals surface area contributed by atoms with Crippen LogP contribution >= 0.6 is 0 Å². The Morgan fingerprint density at radius 3 is 2.52 bits per heavy atom. The van der Waals surface area contributed by atoms with E-state index >= 15 is 0 Å². The van der Waals surface area contributed by atoms with Gasteiger partial charge in [-0.2, -0.15) is 0 Å². The van der Waals surface area contributed by atoms with E-state index in [1.807, 2.05) is 0 Å². The molecule has 1 aromatic heterocycles. The molecule has 1 aromatic rings. The van der Waals surface area contributed by atoms with Crippen molar-refractivity contribution in [3.63, 3.8) is 0 Å². The number of piperazine rings is 1. The lowest BCUT2D eigenvalue weighted by molar-refractivity contribution is 0.199. The van der Waals surface area contributed by atoms with Crippen LogP contribution in [0.4, 0.5) is 5.82 Å². The van der Waals surface area contributed by atoms with Gasteiger partial charge in [-0.1, -0.05) is 27.7 Å². The Morgan fingerprint density at radius 2 is 2.00 bits per heavy atom. The maximum absolute atomic E-state index is 5.88. The van der Waals surface area contributed by atoms with E-state index in [2.05, 4.69) is 56.6 Å². The van der Waals surface area contributed by atoms with E-state index in [9.17, 15) is 0 Å². The highest BCUT2D eigenvalue weighted by Crippen LogP contribution is 2.26. The topological polar surface area (TPSA) is 45.4 Å². The van der Waals surface area contributed by atoms with Gasteiger partial charge in [0.05, 0.1) is 0 Å². The van der Waals surface area contributed by atoms with Crippen LogP contribution in [0.15, 0.2) is 12.1 Å². The third kappa shape index (κ3) is 3.74. The lowest BCUT2D eigenvalue weighted by Crippen LogP contribution is -2.52. The van der Waals surface area contributed by atoms with E-state index in [-0.39, 0.29) is 5.41 Å². The van der Waals surface area contributed by atoms with E-state index in [1.165, 1.54) is 5.56 Å². The minimum absolute atomic E-state index is 0.0524. The predicted molar refractivity (Wildman–Crippen MR) is 89.8 cm³/mol. The molecule has 0 amide bonds. The molecule has 1 aliphatic heterocycles. The normalized spacial score (nSPS) is 20.9. The predicted octanol–water partition coefficient (Wildman–Crippen LogP) is 2.37. The first-order chi connectivity index (χ1) is 9.85. The highest BCUT2D eigenvalue weighted by molar-refractivity contribution is 5.44. The molecule has 0 radical (unpaired) electrons. The molecule has 1 aliphatic rings. The molecule has 1 unspecified atom stereocenters. The summed E-state index contributed by atoms with van der Waals surface area (Å²) in [6.45, 7) is 16.0. The van der Waals surface area contributed by atoms with E-state index in [4.69, 9.17) is 10.7 Å². The summed E-state index contributed by atoms with van der Waals surface area (Å²) in [5, 5.41) is 0. The zero-order valence-corrected chi connectivity index (χ0v) is 14.2. The molecular weight excluding hydrogens is 260 g/mol. The summed E-state index contributed by atoms with van der Waals surface area (Å²) >= 11 is 0. The van der Waals surface area contributed by atoms with Crippen molar-refractivity contribution in [2.45, 2.75) is 52.6 Å². The number of pyridine rings is 1. The number of hydrogen-bond donors (Lipinski definition) is 1. The SMILES string of the molecule is CCN1CCN(c2cc(CN)cc(C(C)(C)C)n2)CC1C. The zero-order chi connectivity index (χ0) is 15.6. The molecule has 2 rings (SSSR count). The van der Waals surface area contributed by atoms with Crippen LogP contribution in [-0.4, -0.2) is 42.1 Å². The van der Waals surface area contributed by atoms with E-state index in [0.29, 0.717) is 12.6 Å². The second-order valence-corrected chi connectivity index (χ2v) is 7.10. The van der Waals surface area contributed by atoms with Crippen LogP contribution in [0, 0.1) is 0 Å². The molecule has 0 aromatic carbocycles. The summed E-state index contributed by atoms with van der Waals surface area (Å²) in [6, 6.07) is 4.88. The van der Waals surface area contributed by atoms with Crippen LogP contribution < -0.4 is 10.6 Å². The molecule has 21 heavy (non-hydrogen) atoms. The third-order valence-electron chi connectivity index (χ3n) is 4.37. The van der Waals surface area contributed by atoms with Gasteiger partial charge in [0.15, 0.2) is 0 Å². The molecule has 0 bridgehead atoms. The monoisotopic (exact) mass is 290 g/mol.